The predicted octanol–water partition coefficient (Wildman–Crippen LogP) is 5.08. The van der Waals surface area contributed by atoms with Crippen molar-refractivity contribution in [2.24, 2.45) is 0 Å². The van der Waals surface area contributed by atoms with Gasteiger partial charge in [-0.25, -0.2) is 0 Å². The van der Waals surface area contributed by atoms with Gasteiger partial charge in [0.05, 0.1) is 7.11 Å². The largest absolute Gasteiger partial charge is 0.497 e. The number of hydrogen-bond acceptors (Lipinski definition) is 2. The van der Waals surface area contributed by atoms with Crippen LogP contribution in [0.5, 0.6) is 5.75 Å². The highest BCUT2D eigenvalue weighted by Crippen LogP contribution is 2.31. The van der Waals surface area contributed by atoms with Crippen LogP contribution in [0.25, 0.3) is 21.8 Å². The molecule has 5 rings (SSSR count). The summed E-state index contributed by atoms with van der Waals surface area (Å²) < 4.78 is 5.35. The molecule has 4 aromatic rings. The fourth-order valence-corrected chi connectivity index (χ4v) is 4.56. The number of para-hydroxylation sites is 1. The van der Waals surface area contributed by atoms with Crippen molar-refractivity contribution < 1.29 is 4.74 Å². The SMILES string of the molecule is COc1ccc2[nH]c(C3CCN(CCc4c[nH]c5ccccc45)CC3)cc2c1. The van der Waals surface area contributed by atoms with Gasteiger partial charge in [-0.1, -0.05) is 18.2 Å². The van der Waals surface area contributed by atoms with Gasteiger partial charge >= 0.3 is 0 Å². The van der Waals surface area contributed by atoms with Crippen LogP contribution in [0, 0.1) is 0 Å². The molecule has 28 heavy (non-hydrogen) atoms. The van der Waals surface area contributed by atoms with Crippen LogP contribution in [0.1, 0.15) is 30.0 Å². The zero-order chi connectivity index (χ0) is 18.9. The van der Waals surface area contributed by atoms with Crippen molar-refractivity contribution in [3.63, 3.8) is 0 Å². The number of piperidine rings is 1. The van der Waals surface area contributed by atoms with E-state index in [1.54, 1.807) is 7.11 Å². The molecule has 1 aliphatic rings. The Kier molecular flexibility index (Phi) is 4.57. The molecule has 2 aromatic carbocycles. The van der Waals surface area contributed by atoms with Crippen LogP contribution >= 0.6 is 0 Å². The molecule has 0 spiro atoms. The third kappa shape index (κ3) is 3.29. The molecule has 1 aliphatic heterocycles. The van der Waals surface area contributed by atoms with Crippen molar-refractivity contribution >= 4 is 21.8 Å². The van der Waals surface area contributed by atoms with E-state index in [0.717, 1.165) is 18.7 Å². The van der Waals surface area contributed by atoms with E-state index >= 15 is 0 Å². The molecule has 4 heteroatoms. The molecule has 4 nitrogen and oxygen atoms in total. The Morgan fingerprint density at radius 2 is 1.89 bits per heavy atom. The van der Waals surface area contributed by atoms with Gasteiger partial charge in [-0.3, -0.25) is 0 Å². The van der Waals surface area contributed by atoms with Crippen LogP contribution in [0.2, 0.25) is 0 Å². The van der Waals surface area contributed by atoms with Gasteiger partial charge in [0.2, 0.25) is 0 Å². The Labute approximate surface area is 165 Å². The quantitative estimate of drug-likeness (QED) is 0.512. The molecule has 0 saturated carbocycles. The van der Waals surface area contributed by atoms with Crippen molar-refractivity contribution in [2.75, 3.05) is 26.7 Å². The molecule has 1 saturated heterocycles. The van der Waals surface area contributed by atoms with E-state index < -0.39 is 0 Å². The summed E-state index contributed by atoms with van der Waals surface area (Å²) in [7, 11) is 1.72. The lowest BCUT2D eigenvalue weighted by Crippen LogP contribution is -2.34. The topological polar surface area (TPSA) is 44.0 Å². The van der Waals surface area contributed by atoms with E-state index in [1.807, 2.05) is 6.07 Å². The van der Waals surface area contributed by atoms with Crippen molar-refractivity contribution in [1.29, 1.82) is 0 Å². The maximum Gasteiger partial charge on any atom is 0.119 e. The molecular formula is C24H27N3O. The molecule has 0 atom stereocenters. The maximum absolute atomic E-state index is 5.35. The average Bonchev–Trinajstić information content (AvgIpc) is 3.36. The van der Waals surface area contributed by atoms with E-state index in [0.29, 0.717) is 5.92 Å². The number of nitrogens with zero attached hydrogens (tertiary/aromatic N) is 1. The lowest BCUT2D eigenvalue weighted by atomic mass is 9.93. The van der Waals surface area contributed by atoms with Gasteiger partial charge in [-0.2, -0.15) is 0 Å². The number of benzene rings is 2. The number of nitrogens with one attached hydrogen (secondary N) is 2. The van der Waals surface area contributed by atoms with Gasteiger partial charge in [-0.15, -0.1) is 0 Å². The summed E-state index contributed by atoms with van der Waals surface area (Å²) in [4.78, 5) is 9.64. The molecule has 0 bridgehead atoms. The highest BCUT2D eigenvalue weighted by Gasteiger charge is 2.22. The second-order valence-corrected chi connectivity index (χ2v) is 7.90. The first-order chi connectivity index (χ1) is 13.8. The number of ether oxygens (including phenoxy) is 1. The Hall–Kier alpha value is -2.72. The van der Waals surface area contributed by atoms with Crippen LogP contribution < -0.4 is 4.74 Å². The summed E-state index contributed by atoms with van der Waals surface area (Å²) in [5.74, 6) is 1.55. The average molecular weight is 374 g/mol. The summed E-state index contributed by atoms with van der Waals surface area (Å²) in [5.41, 5.74) is 5.26. The van der Waals surface area contributed by atoms with Gasteiger partial charge in [0.1, 0.15) is 5.75 Å². The van der Waals surface area contributed by atoms with Crippen molar-refractivity contribution in [1.82, 2.24) is 14.9 Å². The number of hydrogen-bond donors (Lipinski definition) is 2. The molecule has 144 valence electrons. The third-order valence-corrected chi connectivity index (χ3v) is 6.25. The van der Waals surface area contributed by atoms with Crippen molar-refractivity contribution in [3.8, 4) is 5.75 Å². The lowest BCUT2D eigenvalue weighted by Gasteiger charge is -2.31. The van der Waals surface area contributed by atoms with Crippen molar-refractivity contribution in [2.45, 2.75) is 25.2 Å². The predicted molar refractivity (Wildman–Crippen MR) is 115 cm³/mol. The van der Waals surface area contributed by atoms with E-state index in [-0.39, 0.29) is 0 Å². The Bertz CT molecular complexity index is 1090. The number of likely N-dealkylation sites (tertiary alicyclic amines) is 1. The summed E-state index contributed by atoms with van der Waals surface area (Å²) in [6.45, 7) is 3.48. The molecular weight excluding hydrogens is 346 g/mol. The van der Waals surface area contributed by atoms with Gasteiger partial charge in [0.15, 0.2) is 0 Å². The number of H-pyrrole nitrogens is 2. The van der Waals surface area contributed by atoms with Crippen LogP contribution in [0.3, 0.4) is 0 Å². The Balaban J connectivity index is 1.20. The minimum absolute atomic E-state index is 0.628. The van der Waals surface area contributed by atoms with Gasteiger partial charge in [0.25, 0.3) is 0 Å². The first-order valence-electron chi connectivity index (χ1n) is 10.2. The molecule has 0 aliphatic carbocycles. The fourth-order valence-electron chi connectivity index (χ4n) is 4.56. The van der Waals surface area contributed by atoms with Crippen LogP contribution in [0.4, 0.5) is 0 Å². The number of methoxy groups -OCH3 is 1. The highest BCUT2D eigenvalue weighted by molar-refractivity contribution is 5.83. The zero-order valence-electron chi connectivity index (χ0n) is 16.4. The molecule has 1 fully saturated rings. The van der Waals surface area contributed by atoms with Gasteiger partial charge in [-0.05, 0) is 68.2 Å². The summed E-state index contributed by atoms with van der Waals surface area (Å²) in [6.07, 6.45) is 5.73. The Morgan fingerprint density at radius 3 is 2.75 bits per heavy atom. The molecule has 2 aromatic heterocycles. The normalized spacial score (nSPS) is 16.2. The molecule has 0 unspecified atom stereocenters. The van der Waals surface area contributed by atoms with Gasteiger partial charge < -0.3 is 19.6 Å². The number of aromatic amines is 2. The van der Waals surface area contributed by atoms with Crippen molar-refractivity contribution in [3.05, 3.63) is 66.0 Å². The minimum Gasteiger partial charge on any atom is -0.497 e. The minimum atomic E-state index is 0.628. The first kappa shape index (κ1) is 17.4. The number of rotatable bonds is 5. The summed E-state index contributed by atoms with van der Waals surface area (Å²) in [6, 6.07) is 17.2. The maximum atomic E-state index is 5.35. The lowest BCUT2D eigenvalue weighted by molar-refractivity contribution is 0.213. The summed E-state index contributed by atoms with van der Waals surface area (Å²) in [5, 5.41) is 2.61. The monoisotopic (exact) mass is 373 g/mol. The molecule has 2 N–H and O–H groups in total. The van der Waals surface area contributed by atoms with Crippen LogP contribution in [-0.4, -0.2) is 41.6 Å². The van der Waals surface area contributed by atoms with E-state index in [9.17, 15) is 0 Å². The zero-order valence-corrected chi connectivity index (χ0v) is 16.4. The second-order valence-electron chi connectivity index (χ2n) is 7.90. The number of fused-ring (bicyclic) bond motifs is 2. The van der Waals surface area contributed by atoms with E-state index in [1.165, 1.54) is 59.0 Å². The van der Waals surface area contributed by atoms with E-state index in [4.69, 9.17) is 4.74 Å². The van der Waals surface area contributed by atoms with Crippen LogP contribution in [0.15, 0.2) is 54.7 Å². The molecule has 0 amide bonds. The van der Waals surface area contributed by atoms with Crippen LogP contribution in [-0.2, 0) is 6.42 Å². The number of aromatic nitrogens is 2. The second kappa shape index (κ2) is 7.36. The van der Waals surface area contributed by atoms with Gasteiger partial charge in [0, 0.05) is 46.2 Å². The molecule has 0 radical (unpaired) electrons. The highest BCUT2D eigenvalue weighted by atomic mass is 16.5. The third-order valence-electron chi connectivity index (χ3n) is 6.25. The Morgan fingerprint density at radius 1 is 1.04 bits per heavy atom. The fraction of sp³-hybridized carbons (Fsp3) is 0.333. The van der Waals surface area contributed by atoms with E-state index in [2.05, 4.69) is 63.5 Å². The smallest absolute Gasteiger partial charge is 0.119 e. The summed E-state index contributed by atoms with van der Waals surface area (Å²) >= 11 is 0. The molecule has 3 heterocycles. The standard InChI is InChI=1S/C24H27N3O/c1-28-20-6-7-22-19(14-20)15-24(26-22)17-8-11-27(12-9-17)13-10-18-16-25-23-5-3-2-4-21(18)23/h2-7,14-17,25-26H,8-13H2,1H3. The first-order valence-corrected chi connectivity index (χ1v) is 10.2.